The molecule has 0 bridgehead atoms. The summed E-state index contributed by atoms with van der Waals surface area (Å²) in [5, 5.41) is 9.77. The van der Waals surface area contributed by atoms with Crippen LogP contribution in [0.3, 0.4) is 0 Å². The van der Waals surface area contributed by atoms with Crippen LogP contribution in [-0.4, -0.2) is 30.0 Å². The summed E-state index contributed by atoms with van der Waals surface area (Å²) in [5.41, 5.74) is 9.43. The van der Waals surface area contributed by atoms with E-state index in [1.54, 1.807) is 51.3 Å². The highest BCUT2D eigenvalue weighted by atomic mass is 35.5. The number of nitrogens with two attached hydrogens (primary N) is 1. The number of hydrogen-bond acceptors (Lipinski definition) is 6. The summed E-state index contributed by atoms with van der Waals surface area (Å²) in [6, 6.07) is 10.6. The van der Waals surface area contributed by atoms with Crippen LogP contribution in [0.5, 0.6) is 5.75 Å². The average molecular weight is 484 g/mol. The second-order valence-corrected chi connectivity index (χ2v) is 7.92. The standard InChI is InChI=1S/C24H26ClN5O4/c1-5-19(31)28-21-13(2)10-15(11-18(21)25)12-27-24(26)29-23(32)20-14(3)34-30-22(20)16-6-8-17(33-4)9-7-16/h6-11H,5,12H2,1-4H3,(H,28,31)(H3,26,27,29,32). The maximum atomic E-state index is 12.9. The third-order valence-electron chi connectivity index (χ3n) is 5.06. The van der Waals surface area contributed by atoms with Gasteiger partial charge in [-0.3, -0.25) is 14.9 Å². The number of rotatable bonds is 7. The lowest BCUT2D eigenvalue weighted by molar-refractivity contribution is -0.115. The second-order valence-electron chi connectivity index (χ2n) is 7.52. The number of nitrogens with one attached hydrogen (secondary N) is 2. The fourth-order valence-electron chi connectivity index (χ4n) is 3.27. The Morgan fingerprint density at radius 1 is 1.21 bits per heavy atom. The van der Waals surface area contributed by atoms with E-state index in [1.807, 2.05) is 13.0 Å². The predicted molar refractivity (Wildman–Crippen MR) is 131 cm³/mol. The Hall–Kier alpha value is -3.85. The van der Waals surface area contributed by atoms with Gasteiger partial charge in [-0.1, -0.05) is 29.7 Å². The highest BCUT2D eigenvalue weighted by Crippen LogP contribution is 2.29. The van der Waals surface area contributed by atoms with Crippen LogP contribution in [-0.2, 0) is 11.3 Å². The van der Waals surface area contributed by atoms with Crippen LogP contribution in [0.2, 0.25) is 5.02 Å². The monoisotopic (exact) mass is 483 g/mol. The zero-order valence-corrected chi connectivity index (χ0v) is 20.1. The van der Waals surface area contributed by atoms with Crippen molar-refractivity contribution in [2.75, 3.05) is 12.4 Å². The van der Waals surface area contributed by atoms with Crippen molar-refractivity contribution < 1.29 is 18.8 Å². The first kappa shape index (κ1) is 24.8. The fourth-order valence-corrected chi connectivity index (χ4v) is 3.61. The van der Waals surface area contributed by atoms with Crippen LogP contribution in [0.4, 0.5) is 5.69 Å². The molecule has 9 nitrogen and oxygen atoms in total. The number of benzene rings is 2. The lowest BCUT2D eigenvalue weighted by Gasteiger charge is -2.12. The molecule has 3 aromatic rings. The number of aryl methyl sites for hydroxylation is 2. The molecule has 0 saturated heterocycles. The largest absolute Gasteiger partial charge is 0.497 e. The number of hydrogen-bond donors (Lipinski definition) is 3. The first-order chi connectivity index (χ1) is 16.2. The van der Waals surface area contributed by atoms with Gasteiger partial charge < -0.3 is 20.3 Å². The molecule has 1 heterocycles. The summed E-state index contributed by atoms with van der Waals surface area (Å²) in [6.45, 7) is 5.43. The van der Waals surface area contributed by atoms with Crippen LogP contribution in [0.15, 0.2) is 45.9 Å². The van der Waals surface area contributed by atoms with Crippen LogP contribution in [0.1, 0.15) is 40.6 Å². The zero-order chi connectivity index (χ0) is 24.8. The number of amides is 2. The van der Waals surface area contributed by atoms with Crippen molar-refractivity contribution in [3.63, 3.8) is 0 Å². The summed E-state index contributed by atoms with van der Waals surface area (Å²) < 4.78 is 10.4. The minimum Gasteiger partial charge on any atom is -0.497 e. The molecule has 0 fully saturated rings. The number of halogens is 1. The minimum atomic E-state index is -0.488. The van der Waals surface area contributed by atoms with Crippen LogP contribution < -0.4 is 21.1 Å². The molecule has 0 radical (unpaired) electrons. The third-order valence-corrected chi connectivity index (χ3v) is 5.36. The maximum absolute atomic E-state index is 12.9. The van der Waals surface area contributed by atoms with Gasteiger partial charge in [0, 0.05) is 12.0 Å². The van der Waals surface area contributed by atoms with E-state index in [-0.39, 0.29) is 24.0 Å². The molecule has 34 heavy (non-hydrogen) atoms. The number of anilines is 1. The SMILES string of the molecule is CCC(=O)Nc1c(C)cc(CN=C(N)NC(=O)c2c(-c3ccc(OC)cc3)noc2C)cc1Cl. The Labute approximate surface area is 202 Å². The Balaban J connectivity index is 1.73. The summed E-state index contributed by atoms with van der Waals surface area (Å²) in [6.07, 6.45) is 0.351. The van der Waals surface area contributed by atoms with Crippen molar-refractivity contribution in [1.82, 2.24) is 10.5 Å². The molecule has 3 rings (SSSR count). The fraction of sp³-hybridized carbons (Fsp3) is 0.250. The molecule has 1 aromatic heterocycles. The van der Waals surface area contributed by atoms with Gasteiger partial charge in [0.05, 0.1) is 24.4 Å². The van der Waals surface area contributed by atoms with E-state index in [9.17, 15) is 9.59 Å². The highest BCUT2D eigenvalue weighted by Gasteiger charge is 2.22. The molecule has 0 unspecified atom stereocenters. The molecule has 0 spiro atoms. The van der Waals surface area contributed by atoms with Gasteiger partial charge in [-0.25, -0.2) is 4.99 Å². The topological polar surface area (TPSA) is 132 Å². The number of methoxy groups -OCH3 is 1. The van der Waals surface area contributed by atoms with Crippen LogP contribution >= 0.6 is 11.6 Å². The lowest BCUT2D eigenvalue weighted by atomic mass is 10.1. The van der Waals surface area contributed by atoms with E-state index in [0.717, 1.165) is 11.1 Å². The van der Waals surface area contributed by atoms with Crippen molar-refractivity contribution in [2.24, 2.45) is 10.7 Å². The predicted octanol–water partition coefficient (Wildman–Crippen LogP) is 4.21. The van der Waals surface area contributed by atoms with Gasteiger partial charge >= 0.3 is 0 Å². The number of ether oxygens (including phenoxy) is 1. The van der Waals surface area contributed by atoms with Crippen molar-refractivity contribution >= 4 is 35.1 Å². The molecule has 10 heteroatoms. The van der Waals surface area contributed by atoms with Gasteiger partial charge in [0.1, 0.15) is 22.8 Å². The molecule has 0 saturated carbocycles. The number of nitrogens with zero attached hydrogens (tertiary/aromatic N) is 2. The summed E-state index contributed by atoms with van der Waals surface area (Å²) in [7, 11) is 1.57. The van der Waals surface area contributed by atoms with E-state index in [0.29, 0.717) is 39.9 Å². The third kappa shape index (κ3) is 5.74. The second kappa shape index (κ2) is 10.8. The van der Waals surface area contributed by atoms with E-state index in [1.165, 1.54) is 0 Å². The van der Waals surface area contributed by atoms with Crippen molar-refractivity contribution in [1.29, 1.82) is 0 Å². The van der Waals surface area contributed by atoms with Crippen LogP contribution in [0, 0.1) is 13.8 Å². The van der Waals surface area contributed by atoms with E-state index in [2.05, 4.69) is 20.8 Å². The summed E-state index contributed by atoms with van der Waals surface area (Å²) in [4.78, 5) is 28.8. The average Bonchev–Trinajstić information content (AvgIpc) is 3.21. The molecular formula is C24H26ClN5O4. The van der Waals surface area contributed by atoms with Gasteiger partial charge in [0.2, 0.25) is 5.91 Å². The van der Waals surface area contributed by atoms with Gasteiger partial charge in [-0.2, -0.15) is 0 Å². The smallest absolute Gasteiger partial charge is 0.263 e. The molecule has 2 aromatic carbocycles. The number of aliphatic imine (C=N–C) groups is 1. The van der Waals surface area contributed by atoms with E-state index < -0.39 is 5.91 Å². The van der Waals surface area contributed by atoms with Gasteiger partial charge in [0.15, 0.2) is 5.96 Å². The quantitative estimate of drug-likeness (QED) is 0.340. The van der Waals surface area contributed by atoms with E-state index in [4.69, 9.17) is 26.6 Å². The van der Waals surface area contributed by atoms with Crippen molar-refractivity contribution in [3.8, 4) is 17.0 Å². The summed E-state index contributed by atoms with van der Waals surface area (Å²) in [5.74, 6) is 0.354. The lowest BCUT2D eigenvalue weighted by Crippen LogP contribution is -2.37. The Morgan fingerprint density at radius 3 is 2.53 bits per heavy atom. The number of carbonyl (C=O) groups is 2. The molecule has 0 aliphatic carbocycles. The van der Waals surface area contributed by atoms with Crippen LogP contribution in [0.25, 0.3) is 11.3 Å². The van der Waals surface area contributed by atoms with Gasteiger partial charge in [-0.15, -0.1) is 0 Å². The number of aromatic nitrogens is 1. The maximum Gasteiger partial charge on any atom is 0.263 e. The van der Waals surface area contributed by atoms with Crippen molar-refractivity contribution in [3.05, 3.63) is 63.9 Å². The van der Waals surface area contributed by atoms with Gasteiger partial charge in [-0.05, 0) is 55.3 Å². The van der Waals surface area contributed by atoms with Crippen molar-refractivity contribution in [2.45, 2.75) is 33.7 Å². The Kier molecular flexibility index (Phi) is 7.91. The molecule has 178 valence electrons. The Bertz CT molecular complexity index is 1210. The molecular weight excluding hydrogens is 458 g/mol. The molecule has 0 atom stereocenters. The Morgan fingerprint density at radius 2 is 1.91 bits per heavy atom. The highest BCUT2D eigenvalue weighted by molar-refractivity contribution is 6.34. The molecule has 4 N–H and O–H groups in total. The first-order valence-electron chi connectivity index (χ1n) is 10.5. The number of carbonyl (C=O) groups excluding carboxylic acids is 2. The van der Waals surface area contributed by atoms with E-state index >= 15 is 0 Å². The molecule has 0 aliphatic heterocycles. The van der Waals surface area contributed by atoms with Gasteiger partial charge in [0.25, 0.3) is 5.91 Å². The molecule has 0 aliphatic rings. The summed E-state index contributed by atoms with van der Waals surface area (Å²) >= 11 is 6.33. The zero-order valence-electron chi connectivity index (χ0n) is 19.4. The first-order valence-corrected chi connectivity index (χ1v) is 10.9. The molecule has 2 amide bonds. The minimum absolute atomic E-state index is 0.0663. The number of guanidine groups is 1. The normalized spacial score (nSPS) is 11.3.